The van der Waals surface area contributed by atoms with Gasteiger partial charge in [-0.05, 0) is 56.9 Å². The zero-order valence-electron chi connectivity index (χ0n) is 17.3. The van der Waals surface area contributed by atoms with Gasteiger partial charge >= 0.3 is 0 Å². The standard InChI is InChI=1S/C21H30ClN3O4S/c1-15(20(26)24-18-7-3-2-4-8-18)23-21(27)16-6-5-13-25(14-16)30(28,29)19-11-9-17(22)10-12-19/h9-12,15-16,18H,2-8,13-14H2,1H3,(H,23,27)(H,24,26). The molecule has 2 atom stereocenters. The molecule has 3 rings (SSSR count). The van der Waals surface area contributed by atoms with Crippen LogP contribution in [0, 0.1) is 5.92 Å². The molecule has 0 bridgehead atoms. The normalized spacial score (nSPS) is 22.3. The SMILES string of the molecule is CC(NC(=O)C1CCCN(S(=O)(=O)c2ccc(Cl)cc2)C1)C(=O)NC1CCCCC1. The van der Waals surface area contributed by atoms with Crippen LogP contribution < -0.4 is 10.6 Å². The van der Waals surface area contributed by atoms with Gasteiger partial charge in [-0.3, -0.25) is 9.59 Å². The molecule has 166 valence electrons. The van der Waals surface area contributed by atoms with Gasteiger partial charge in [-0.15, -0.1) is 0 Å². The molecule has 0 radical (unpaired) electrons. The Bertz CT molecular complexity index is 854. The summed E-state index contributed by atoms with van der Waals surface area (Å²) in [5.41, 5.74) is 0. The average Bonchev–Trinajstić information content (AvgIpc) is 2.74. The Labute approximate surface area is 183 Å². The van der Waals surface area contributed by atoms with Gasteiger partial charge in [-0.1, -0.05) is 30.9 Å². The highest BCUT2D eigenvalue weighted by molar-refractivity contribution is 7.89. The first-order valence-corrected chi connectivity index (χ1v) is 12.5. The minimum Gasteiger partial charge on any atom is -0.352 e. The number of carbonyl (C=O) groups excluding carboxylic acids is 2. The van der Waals surface area contributed by atoms with Crippen molar-refractivity contribution in [2.24, 2.45) is 5.92 Å². The van der Waals surface area contributed by atoms with E-state index in [1.165, 1.54) is 35.0 Å². The summed E-state index contributed by atoms with van der Waals surface area (Å²) >= 11 is 5.85. The van der Waals surface area contributed by atoms with Gasteiger partial charge in [0.15, 0.2) is 0 Å². The Morgan fingerprint density at radius 3 is 2.40 bits per heavy atom. The van der Waals surface area contributed by atoms with Crippen LogP contribution in [0.15, 0.2) is 29.2 Å². The molecule has 0 aromatic heterocycles. The van der Waals surface area contributed by atoms with Crippen LogP contribution in [0.5, 0.6) is 0 Å². The lowest BCUT2D eigenvalue weighted by molar-refractivity contribution is -0.131. The molecule has 1 aliphatic carbocycles. The summed E-state index contributed by atoms with van der Waals surface area (Å²) in [6.45, 7) is 2.14. The molecular weight excluding hydrogens is 426 g/mol. The number of carbonyl (C=O) groups is 2. The molecule has 2 N–H and O–H groups in total. The van der Waals surface area contributed by atoms with E-state index < -0.39 is 22.0 Å². The van der Waals surface area contributed by atoms with E-state index in [0.29, 0.717) is 24.4 Å². The number of sulfonamides is 1. The first-order valence-electron chi connectivity index (χ1n) is 10.6. The summed E-state index contributed by atoms with van der Waals surface area (Å²) in [6.07, 6.45) is 6.58. The Morgan fingerprint density at radius 2 is 1.73 bits per heavy atom. The highest BCUT2D eigenvalue weighted by Crippen LogP contribution is 2.25. The molecule has 1 saturated carbocycles. The average molecular weight is 456 g/mol. The first kappa shape index (κ1) is 23.0. The van der Waals surface area contributed by atoms with E-state index in [0.717, 1.165) is 25.7 Å². The molecule has 2 amide bonds. The number of nitrogens with one attached hydrogen (secondary N) is 2. The summed E-state index contributed by atoms with van der Waals surface area (Å²) < 4.78 is 27.2. The highest BCUT2D eigenvalue weighted by Gasteiger charge is 2.34. The van der Waals surface area contributed by atoms with Crippen molar-refractivity contribution in [3.05, 3.63) is 29.3 Å². The number of piperidine rings is 1. The van der Waals surface area contributed by atoms with E-state index in [-0.39, 0.29) is 29.3 Å². The molecule has 7 nitrogen and oxygen atoms in total. The van der Waals surface area contributed by atoms with Crippen LogP contribution in [0.1, 0.15) is 51.9 Å². The van der Waals surface area contributed by atoms with E-state index in [1.807, 2.05) is 0 Å². The number of hydrogen-bond acceptors (Lipinski definition) is 4. The number of amides is 2. The molecule has 2 fully saturated rings. The van der Waals surface area contributed by atoms with Crippen molar-refractivity contribution in [2.75, 3.05) is 13.1 Å². The van der Waals surface area contributed by atoms with E-state index in [9.17, 15) is 18.0 Å². The molecule has 9 heteroatoms. The second-order valence-corrected chi connectivity index (χ2v) is 10.6. The first-order chi connectivity index (χ1) is 14.3. The van der Waals surface area contributed by atoms with Gasteiger partial charge in [-0.2, -0.15) is 4.31 Å². The van der Waals surface area contributed by atoms with E-state index in [1.54, 1.807) is 6.92 Å². The lowest BCUT2D eigenvalue weighted by Gasteiger charge is -2.32. The van der Waals surface area contributed by atoms with Gasteiger partial charge in [0.1, 0.15) is 6.04 Å². The number of hydrogen-bond donors (Lipinski definition) is 2. The minimum absolute atomic E-state index is 0.105. The van der Waals surface area contributed by atoms with Gasteiger partial charge in [0.2, 0.25) is 21.8 Å². The third-order valence-electron chi connectivity index (χ3n) is 5.91. The number of rotatable bonds is 6. The number of benzene rings is 1. The lowest BCUT2D eigenvalue weighted by atomic mass is 9.95. The molecule has 1 aliphatic heterocycles. The van der Waals surface area contributed by atoms with Crippen molar-refractivity contribution >= 4 is 33.4 Å². The molecule has 0 spiro atoms. The summed E-state index contributed by atoms with van der Waals surface area (Å²) in [5.74, 6) is -0.945. The molecule has 1 saturated heterocycles. The van der Waals surface area contributed by atoms with E-state index >= 15 is 0 Å². The van der Waals surface area contributed by atoms with Gasteiger partial charge in [-0.25, -0.2) is 8.42 Å². The van der Waals surface area contributed by atoms with Crippen molar-refractivity contribution in [1.29, 1.82) is 0 Å². The fraction of sp³-hybridized carbons (Fsp3) is 0.619. The van der Waals surface area contributed by atoms with Crippen molar-refractivity contribution in [1.82, 2.24) is 14.9 Å². The van der Waals surface area contributed by atoms with Crippen LogP contribution >= 0.6 is 11.6 Å². The lowest BCUT2D eigenvalue weighted by Crippen LogP contribution is -2.52. The predicted molar refractivity (Wildman–Crippen MR) is 116 cm³/mol. The monoisotopic (exact) mass is 455 g/mol. The number of nitrogens with zero attached hydrogens (tertiary/aromatic N) is 1. The van der Waals surface area contributed by atoms with Gasteiger partial charge in [0, 0.05) is 24.2 Å². The van der Waals surface area contributed by atoms with Crippen molar-refractivity contribution in [2.45, 2.75) is 68.8 Å². The van der Waals surface area contributed by atoms with Crippen LogP contribution in [-0.4, -0.2) is 49.7 Å². The third kappa shape index (κ3) is 5.74. The third-order valence-corrected chi connectivity index (χ3v) is 8.04. The van der Waals surface area contributed by atoms with Crippen molar-refractivity contribution in [3.63, 3.8) is 0 Å². The van der Waals surface area contributed by atoms with Crippen LogP contribution in [0.3, 0.4) is 0 Å². The molecule has 30 heavy (non-hydrogen) atoms. The van der Waals surface area contributed by atoms with E-state index in [4.69, 9.17) is 11.6 Å². The zero-order valence-corrected chi connectivity index (χ0v) is 18.8. The van der Waals surface area contributed by atoms with Crippen molar-refractivity contribution < 1.29 is 18.0 Å². The maximum Gasteiger partial charge on any atom is 0.243 e. The van der Waals surface area contributed by atoms with Crippen molar-refractivity contribution in [3.8, 4) is 0 Å². The maximum absolute atomic E-state index is 12.9. The van der Waals surface area contributed by atoms with Crippen LogP contribution in [0.4, 0.5) is 0 Å². The second kappa shape index (κ2) is 10.1. The van der Waals surface area contributed by atoms with Gasteiger partial charge < -0.3 is 10.6 Å². The molecule has 2 aliphatic rings. The molecule has 1 heterocycles. The van der Waals surface area contributed by atoms with Gasteiger partial charge in [0.05, 0.1) is 10.8 Å². The summed E-state index contributed by atoms with van der Waals surface area (Å²) in [7, 11) is -3.69. The van der Waals surface area contributed by atoms with Crippen LogP contribution in [0.2, 0.25) is 5.02 Å². The molecule has 2 unspecified atom stereocenters. The quantitative estimate of drug-likeness (QED) is 0.689. The Balaban J connectivity index is 1.57. The molecular formula is C21H30ClN3O4S. The fourth-order valence-electron chi connectivity index (χ4n) is 4.10. The molecule has 1 aromatic carbocycles. The second-order valence-electron chi connectivity index (χ2n) is 8.23. The fourth-order valence-corrected chi connectivity index (χ4v) is 5.75. The summed E-state index contributed by atoms with van der Waals surface area (Å²) in [6, 6.07) is 5.55. The van der Waals surface area contributed by atoms with Crippen LogP contribution in [0.25, 0.3) is 0 Å². The van der Waals surface area contributed by atoms with Gasteiger partial charge in [0.25, 0.3) is 0 Å². The summed E-state index contributed by atoms with van der Waals surface area (Å²) in [5, 5.41) is 6.25. The largest absolute Gasteiger partial charge is 0.352 e. The van der Waals surface area contributed by atoms with E-state index in [2.05, 4.69) is 10.6 Å². The zero-order chi connectivity index (χ0) is 21.7. The molecule has 1 aromatic rings. The summed E-state index contributed by atoms with van der Waals surface area (Å²) in [4.78, 5) is 25.3. The Morgan fingerprint density at radius 1 is 1.07 bits per heavy atom. The highest BCUT2D eigenvalue weighted by atomic mass is 35.5. The topological polar surface area (TPSA) is 95.6 Å². The van der Waals surface area contributed by atoms with Crippen LogP contribution in [-0.2, 0) is 19.6 Å². The Kier molecular flexibility index (Phi) is 7.76. The number of halogens is 1. The predicted octanol–water partition coefficient (Wildman–Crippen LogP) is 2.69. The maximum atomic E-state index is 12.9. The Hall–Kier alpha value is -1.64. The smallest absolute Gasteiger partial charge is 0.243 e. The minimum atomic E-state index is -3.69.